The number of benzene rings is 2. The van der Waals surface area contributed by atoms with Gasteiger partial charge in [0.1, 0.15) is 5.82 Å². The molecule has 0 amide bonds. The molecule has 0 aliphatic carbocycles. The standard InChI is InChI=1S/C12H8BrClFNO2S/c13-11-5-4-9(7-12(11)15)16-19(17,18)10-3-1-2-8(14)6-10/h1-7,16H. The Morgan fingerprint density at radius 3 is 2.53 bits per heavy atom. The average molecular weight is 365 g/mol. The molecule has 100 valence electrons. The first-order valence-corrected chi connectivity index (χ1v) is 7.77. The van der Waals surface area contributed by atoms with Gasteiger partial charge in [0.15, 0.2) is 0 Å². The summed E-state index contributed by atoms with van der Waals surface area (Å²) >= 11 is 8.74. The Labute approximate surface area is 123 Å². The molecule has 0 fully saturated rings. The smallest absolute Gasteiger partial charge is 0.261 e. The van der Waals surface area contributed by atoms with Crippen molar-refractivity contribution >= 4 is 43.2 Å². The molecule has 19 heavy (non-hydrogen) atoms. The van der Waals surface area contributed by atoms with Gasteiger partial charge in [-0.05, 0) is 52.3 Å². The fourth-order valence-electron chi connectivity index (χ4n) is 1.41. The second-order valence-electron chi connectivity index (χ2n) is 3.69. The third-order valence-electron chi connectivity index (χ3n) is 2.28. The van der Waals surface area contributed by atoms with Gasteiger partial charge in [0.05, 0.1) is 15.1 Å². The first-order valence-electron chi connectivity index (χ1n) is 5.12. The Balaban J connectivity index is 2.33. The monoisotopic (exact) mass is 363 g/mol. The molecule has 2 aromatic rings. The maximum Gasteiger partial charge on any atom is 0.261 e. The normalized spacial score (nSPS) is 11.3. The summed E-state index contributed by atoms with van der Waals surface area (Å²) in [7, 11) is -3.78. The Kier molecular flexibility index (Phi) is 4.13. The molecule has 0 atom stereocenters. The molecule has 0 bridgehead atoms. The fraction of sp³-hybridized carbons (Fsp3) is 0. The Bertz CT molecular complexity index is 721. The van der Waals surface area contributed by atoms with Gasteiger partial charge < -0.3 is 0 Å². The van der Waals surface area contributed by atoms with Crippen molar-refractivity contribution in [2.75, 3.05) is 4.72 Å². The van der Waals surface area contributed by atoms with E-state index in [-0.39, 0.29) is 15.1 Å². The predicted molar refractivity (Wildman–Crippen MR) is 76.4 cm³/mol. The van der Waals surface area contributed by atoms with Crippen LogP contribution in [-0.2, 0) is 10.0 Å². The van der Waals surface area contributed by atoms with E-state index in [0.29, 0.717) is 5.02 Å². The van der Waals surface area contributed by atoms with E-state index in [1.165, 1.54) is 30.3 Å². The second kappa shape index (κ2) is 5.48. The van der Waals surface area contributed by atoms with Crippen molar-refractivity contribution in [2.45, 2.75) is 4.90 Å². The van der Waals surface area contributed by atoms with Crippen LogP contribution in [0.4, 0.5) is 10.1 Å². The van der Waals surface area contributed by atoms with Gasteiger partial charge in [-0.2, -0.15) is 0 Å². The van der Waals surface area contributed by atoms with Crippen LogP contribution in [0.15, 0.2) is 51.8 Å². The highest BCUT2D eigenvalue weighted by Gasteiger charge is 2.15. The van der Waals surface area contributed by atoms with E-state index in [4.69, 9.17) is 11.6 Å². The summed E-state index contributed by atoms with van der Waals surface area (Å²) < 4.78 is 40.0. The molecule has 2 aromatic carbocycles. The first kappa shape index (κ1) is 14.3. The van der Waals surface area contributed by atoms with Crippen LogP contribution >= 0.6 is 27.5 Å². The molecular weight excluding hydrogens is 357 g/mol. The molecule has 0 aromatic heterocycles. The molecular formula is C12H8BrClFNO2S. The van der Waals surface area contributed by atoms with Crippen molar-refractivity contribution in [2.24, 2.45) is 0 Å². The highest BCUT2D eigenvalue weighted by molar-refractivity contribution is 9.10. The number of hydrogen-bond donors (Lipinski definition) is 1. The van der Waals surface area contributed by atoms with Crippen LogP contribution in [0.1, 0.15) is 0 Å². The summed E-state index contributed by atoms with van der Waals surface area (Å²) in [6.07, 6.45) is 0. The zero-order valence-corrected chi connectivity index (χ0v) is 12.6. The zero-order chi connectivity index (χ0) is 14.0. The summed E-state index contributed by atoms with van der Waals surface area (Å²) in [5.41, 5.74) is 0.140. The van der Waals surface area contributed by atoms with Gasteiger partial charge in [0, 0.05) is 5.02 Å². The van der Waals surface area contributed by atoms with Gasteiger partial charge in [-0.25, -0.2) is 12.8 Å². The zero-order valence-electron chi connectivity index (χ0n) is 9.40. The van der Waals surface area contributed by atoms with Crippen molar-refractivity contribution in [3.05, 3.63) is 57.8 Å². The minimum atomic E-state index is -3.78. The number of rotatable bonds is 3. The number of sulfonamides is 1. The van der Waals surface area contributed by atoms with Crippen LogP contribution < -0.4 is 4.72 Å². The molecule has 0 radical (unpaired) electrons. The quantitative estimate of drug-likeness (QED) is 0.893. The highest BCUT2D eigenvalue weighted by atomic mass is 79.9. The molecule has 0 heterocycles. The van der Waals surface area contributed by atoms with Crippen LogP contribution in [0, 0.1) is 5.82 Å². The van der Waals surface area contributed by atoms with E-state index < -0.39 is 15.8 Å². The second-order valence-corrected chi connectivity index (χ2v) is 6.66. The van der Waals surface area contributed by atoms with Crippen molar-refractivity contribution < 1.29 is 12.8 Å². The van der Waals surface area contributed by atoms with E-state index in [1.54, 1.807) is 6.07 Å². The molecule has 3 nitrogen and oxygen atoms in total. The maximum absolute atomic E-state index is 13.3. The highest BCUT2D eigenvalue weighted by Crippen LogP contribution is 2.23. The molecule has 0 saturated carbocycles. The minimum Gasteiger partial charge on any atom is -0.280 e. The molecule has 0 aliphatic rings. The van der Waals surface area contributed by atoms with Gasteiger partial charge in [-0.3, -0.25) is 4.72 Å². The van der Waals surface area contributed by atoms with E-state index in [9.17, 15) is 12.8 Å². The average Bonchev–Trinajstić information content (AvgIpc) is 2.33. The summed E-state index contributed by atoms with van der Waals surface area (Å²) in [5, 5.41) is 0.310. The third-order valence-corrected chi connectivity index (χ3v) is 4.54. The number of halogens is 3. The van der Waals surface area contributed by atoms with Crippen molar-refractivity contribution in [1.82, 2.24) is 0 Å². The lowest BCUT2D eigenvalue weighted by atomic mass is 10.3. The summed E-state index contributed by atoms with van der Waals surface area (Å²) in [4.78, 5) is 0.0170. The van der Waals surface area contributed by atoms with Gasteiger partial charge in [-0.15, -0.1) is 0 Å². The fourth-order valence-corrected chi connectivity index (χ4v) is 3.00. The molecule has 7 heteroatoms. The Morgan fingerprint density at radius 1 is 1.16 bits per heavy atom. The largest absolute Gasteiger partial charge is 0.280 e. The van der Waals surface area contributed by atoms with Gasteiger partial charge >= 0.3 is 0 Å². The van der Waals surface area contributed by atoms with Crippen molar-refractivity contribution in [3.63, 3.8) is 0 Å². The molecule has 2 rings (SSSR count). The van der Waals surface area contributed by atoms with Gasteiger partial charge in [0.2, 0.25) is 0 Å². The lowest BCUT2D eigenvalue weighted by Gasteiger charge is -2.08. The Hall–Kier alpha value is -1.11. The van der Waals surface area contributed by atoms with Crippen molar-refractivity contribution in [3.8, 4) is 0 Å². The van der Waals surface area contributed by atoms with Crippen LogP contribution in [0.3, 0.4) is 0 Å². The molecule has 0 spiro atoms. The van der Waals surface area contributed by atoms with Crippen LogP contribution in [-0.4, -0.2) is 8.42 Å². The number of hydrogen-bond acceptors (Lipinski definition) is 2. The predicted octanol–water partition coefficient (Wildman–Crippen LogP) is 4.04. The number of nitrogens with one attached hydrogen (secondary N) is 1. The summed E-state index contributed by atoms with van der Waals surface area (Å²) in [6.45, 7) is 0. The summed E-state index contributed by atoms with van der Waals surface area (Å²) in [5.74, 6) is -0.550. The lowest BCUT2D eigenvalue weighted by molar-refractivity contribution is 0.601. The number of anilines is 1. The van der Waals surface area contributed by atoms with Crippen LogP contribution in [0.2, 0.25) is 5.02 Å². The van der Waals surface area contributed by atoms with Gasteiger partial charge in [-0.1, -0.05) is 17.7 Å². The maximum atomic E-state index is 13.3. The molecule has 0 aliphatic heterocycles. The van der Waals surface area contributed by atoms with Crippen molar-refractivity contribution in [1.29, 1.82) is 0 Å². The van der Waals surface area contributed by atoms with E-state index in [2.05, 4.69) is 20.7 Å². The van der Waals surface area contributed by atoms with E-state index in [1.807, 2.05) is 0 Å². The summed E-state index contributed by atoms with van der Waals surface area (Å²) in [6, 6.07) is 9.79. The van der Waals surface area contributed by atoms with Gasteiger partial charge in [0.25, 0.3) is 10.0 Å². The minimum absolute atomic E-state index is 0.0170. The van der Waals surface area contributed by atoms with Crippen LogP contribution in [0.25, 0.3) is 0 Å². The molecule has 1 N–H and O–H groups in total. The SMILES string of the molecule is O=S(=O)(Nc1ccc(Br)c(F)c1)c1cccc(Cl)c1. The van der Waals surface area contributed by atoms with E-state index >= 15 is 0 Å². The third kappa shape index (κ3) is 3.46. The first-order chi connectivity index (χ1) is 8.88. The molecule has 0 unspecified atom stereocenters. The molecule has 0 saturated heterocycles. The Morgan fingerprint density at radius 2 is 1.89 bits per heavy atom. The topological polar surface area (TPSA) is 46.2 Å². The van der Waals surface area contributed by atoms with E-state index in [0.717, 1.165) is 6.07 Å². The van der Waals surface area contributed by atoms with Crippen LogP contribution in [0.5, 0.6) is 0 Å². The lowest BCUT2D eigenvalue weighted by Crippen LogP contribution is -2.13.